The quantitative estimate of drug-likeness (QED) is 0.863. The minimum absolute atomic E-state index is 0.231. The summed E-state index contributed by atoms with van der Waals surface area (Å²) in [5.41, 5.74) is 1.35. The molecule has 0 aliphatic carbocycles. The third kappa shape index (κ3) is 4.22. The second kappa shape index (κ2) is 7.09. The van der Waals surface area contributed by atoms with Crippen molar-refractivity contribution in [3.8, 4) is 5.75 Å². The lowest BCUT2D eigenvalue weighted by atomic mass is 10.1. The van der Waals surface area contributed by atoms with Crippen molar-refractivity contribution in [1.82, 2.24) is 10.2 Å². The summed E-state index contributed by atoms with van der Waals surface area (Å²) < 4.78 is 5.69. The molecule has 1 aliphatic rings. The number of ether oxygens (including phenoxy) is 1. The van der Waals surface area contributed by atoms with E-state index in [4.69, 9.17) is 4.74 Å². The summed E-state index contributed by atoms with van der Waals surface area (Å²) in [7, 11) is 2.21. The number of hydrogen-bond donors (Lipinski definition) is 1. The lowest BCUT2D eigenvalue weighted by Gasteiger charge is -2.28. The Morgan fingerprint density at radius 1 is 1.25 bits per heavy atom. The maximum atomic E-state index is 5.69. The van der Waals surface area contributed by atoms with Gasteiger partial charge in [0, 0.05) is 18.6 Å². The third-order valence-electron chi connectivity index (χ3n) is 4.07. The van der Waals surface area contributed by atoms with E-state index in [0.717, 1.165) is 12.3 Å². The number of benzene rings is 1. The molecule has 0 aromatic heterocycles. The Labute approximate surface area is 123 Å². The predicted octanol–water partition coefficient (Wildman–Crippen LogP) is 3.22. The summed E-state index contributed by atoms with van der Waals surface area (Å²) >= 11 is 0. The van der Waals surface area contributed by atoms with E-state index in [9.17, 15) is 0 Å². The van der Waals surface area contributed by atoms with Crippen LogP contribution in [0.25, 0.3) is 0 Å². The molecule has 1 heterocycles. The van der Waals surface area contributed by atoms with E-state index in [1.807, 2.05) is 0 Å². The Morgan fingerprint density at radius 2 is 1.95 bits per heavy atom. The van der Waals surface area contributed by atoms with E-state index in [1.165, 1.54) is 24.9 Å². The van der Waals surface area contributed by atoms with E-state index in [-0.39, 0.29) is 6.10 Å². The summed E-state index contributed by atoms with van der Waals surface area (Å²) in [6, 6.07) is 9.61. The Bertz CT molecular complexity index is 396. The molecule has 2 rings (SSSR count). The van der Waals surface area contributed by atoms with Crippen molar-refractivity contribution in [3.63, 3.8) is 0 Å². The standard InChI is InChI=1S/C17H28N2O/c1-13(2)20-17-9-7-15(8-10-17)14(3)19(4)12-16-6-5-11-18-16/h7-10,13-14,16,18H,5-6,11-12H2,1-4H3. The van der Waals surface area contributed by atoms with E-state index in [0.29, 0.717) is 12.1 Å². The van der Waals surface area contributed by atoms with Gasteiger partial charge in [0.2, 0.25) is 0 Å². The van der Waals surface area contributed by atoms with Gasteiger partial charge in [0.05, 0.1) is 6.10 Å². The molecule has 0 radical (unpaired) electrons. The first-order chi connectivity index (χ1) is 9.56. The molecule has 1 aromatic rings. The van der Waals surface area contributed by atoms with Crippen molar-refractivity contribution in [2.45, 2.75) is 51.8 Å². The van der Waals surface area contributed by atoms with Crippen LogP contribution in [0.4, 0.5) is 0 Å². The summed E-state index contributed by atoms with van der Waals surface area (Å²) in [4.78, 5) is 2.43. The molecule has 1 aliphatic heterocycles. The monoisotopic (exact) mass is 276 g/mol. The zero-order valence-electron chi connectivity index (χ0n) is 13.2. The highest BCUT2D eigenvalue weighted by Gasteiger charge is 2.19. The van der Waals surface area contributed by atoms with Crippen LogP contribution in [0.3, 0.4) is 0 Å². The first-order valence-electron chi connectivity index (χ1n) is 7.76. The minimum Gasteiger partial charge on any atom is -0.491 e. The molecule has 0 spiro atoms. The van der Waals surface area contributed by atoms with Gasteiger partial charge in [-0.25, -0.2) is 0 Å². The Balaban J connectivity index is 1.91. The van der Waals surface area contributed by atoms with Crippen LogP contribution in [0.2, 0.25) is 0 Å². The number of hydrogen-bond acceptors (Lipinski definition) is 3. The maximum absolute atomic E-state index is 5.69. The van der Waals surface area contributed by atoms with Crippen LogP contribution in [-0.4, -0.2) is 37.2 Å². The molecule has 0 saturated carbocycles. The van der Waals surface area contributed by atoms with Gasteiger partial charge in [0.25, 0.3) is 0 Å². The zero-order chi connectivity index (χ0) is 14.5. The summed E-state index contributed by atoms with van der Waals surface area (Å²) in [6.45, 7) is 8.67. The lowest BCUT2D eigenvalue weighted by molar-refractivity contribution is 0.235. The first kappa shape index (κ1) is 15.3. The molecule has 2 atom stereocenters. The minimum atomic E-state index is 0.231. The van der Waals surface area contributed by atoms with E-state index < -0.39 is 0 Å². The van der Waals surface area contributed by atoms with Crippen molar-refractivity contribution < 1.29 is 4.74 Å². The number of rotatable bonds is 6. The van der Waals surface area contributed by atoms with Crippen LogP contribution in [0, 0.1) is 0 Å². The molecule has 1 aromatic carbocycles. The summed E-state index contributed by atoms with van der Waals surface area (Å²) in [5.74, 6) is 0.955. The van der Waals surface area contributed by atoms with Gasteiger partial charge in [-0.15, -0.1) is 0 Å². The fourth-order valence-corrected chi connectivity index (χ4v) is 2.77. The normalized spacial score (nSPS) is 20.6. The third-order valence-corrected chi connectivity index (χ3v) is 4.07. The van der Waals surface area contributed by atoms with Crippen LogP contribution < -0.4 is 10.1 Å². The molecular formula is C17H28N2O. The number of likely N-dealkylation sites (N-methyl/N-ethyl adjacent to an activating group) is 1. The van der Waals surface area contributed by atoms with Crippen LogP contribution in [-0.2, 0) is 0 Å². The van der Waals surface area contributed by atoms with Gasteiger partial charge in [0.15, 0.2) is 0 Å². The fraction of sp³-hybridized carbons (Fsp3) is 0.647. The van der Waals surface area contributed by atoms with Crippen LogP contribution in [0.15, 0.2) is 24.3 Å². The van der Waals surface area contributed by atoms with E-state index >= 15 is 0 Å². The molecule has 1 saturated heterocycles. The lowest BCUT2D eigenvalue weighted by Crippen LogP contribution is -2.36. The average Bonchev–Trinajstić information content (AvgIpc) is 2.91. The Kier molecular flexibility index (Phi) is 5.44. The van der Waals surface area contributed by atoms with E-state index in [2.05, 4.69) is 62.3 Å². The van der Waals surface area contributed by atoms with Gasteiger partial charge in [-0.2, -0.15) is 0 Å². The smallest absolute Gasteiger partial charge is 0.119 e. The highest BCUT2D eigenvalue weighted by atomic mass is 16.5. The number of nitrogens with zero attached hydrogens (tertiary/aromatic N) is 1. The van der Waals surface area contributed by atoms with Crippen LogP contribution in [0.5, 0.6) is 5.75 Å². The van der Waals surface area contributed by atoms with Crippen molar-refractivity contribution in [3.05, 3.63) is 29.8 Å². The van der Waals surface area contributed by atoms with Crippen molar-refractivity contribution in [2.75, 3.05) is 20.1 Å². The molecule has 1 fully saturated rings. The molecule has 2 unspecified atom stereocenters. The van der Waals surface area contributed by atoms with Gasteiger partial charge in [-0.3, -0.25) is 4.90 Å². The van der Waals surface area contributed by atoms with Gasteiger partial charge >= 0.3 is 0 Å². The SMILES string of the molecule is CC(C)Oc1ccc(C(C)N(C)CC2CCCN2)cc1. The highest BCUT2D eigenvalue weighted by molar-refractivity contribution is 5.29. The Hall–Kier alpha value is -1.06. The van der Waals surface area contributed by atoms with Gasteiger partial charge in [-0.1, -0.05) is 12.1 Å². The summed E-state index contributed by atoms with van der Waals surface area (Å²) in [6.07, 6.45) is 2.85. The zero-order valence-corrected chi connectivity index (χ0v) is 13.2. The molecule has 3 nitrogen and oxygen atoms in total. The first-order valence-corrected chi connectivity index (χ1v) is 7.76. The molecule has 1 N–H and O–H groups in total. The molecule has 0 bridgehead atoms. The van der Waals surface area contributed by atoms with Crippen LogP contribution >= 0.6 is 0 Å². The maximum Gasteiger partial charge on any atom is 0.119 e. The molecule has 20 heavy (non-hydrogen) atoms. The largest absolute Gasteiger partial charge is 0.491 e. The van der Waals surface area contributed by atoms with Gasteiger partial charge in [0.1, 0.15) is 5.75 Å². The molecule has 112 valence electrons. The topological polar surface area (TPSA) is 24.5 Å². The van der Waals surface area contributed by atoms with Gasteiger partial charge in [-0.05, 0) is 64.9 Å². The van der Waals surface area contributed by atoms with Crippen LogP contribution in [0.1, 0.15) is 45.2 Å². The molecular weight excluding hydrogens is 248 g/mol. The second-order valence-corrected chi connectivity index (χ2v) is 6.14. The second-order valence-electron chi connectivity index (χ2n) is 6.14. The molecule has 0 amide bonds. The Morgan fingerprint density at radius 3 is 2.50 bits per heavy atom. The predicted molar refractivity (Wildman–Crippen MR) is 84.3 cm³/mol. The van der Waals surface area contributed by atoms with E-state index in [1.54, 1.807) is 0 Å². The van der Waals surface area contributed by atoms with Crippen molar-refractivity contribution in [2.24, 2.45) is 0 Å². The average molecular weight is 276 g/mol. The van der Waals surface area contributed by atoms with Crippen molar-refractivity contribution in [1.29, 1.82) is 0 Å². The number of nitrogens with one attached hydrogen (secondary N) is 1. The molecule has 3 heteroatoms. The van der Waals surface area contributed by atoms with Gasteiger partial charge < -0.3 is 10.1 Å². The fourth-order valence-electron chi connectivity index (χ4n) is 2.77. The van der Waals surface area contributed by atoms with Crippen molar-refractivity contribution >= 4 is 0 Å². The summed E-state index contributed by atoms with van der Waals surface area (Å²) in [5, 5.41) is 3.56. The highest BCUT2D eigenvalue weighted by Crippen LogP contribution is 2.23.